The fourth-order valence-corrected chi connectivity index (χ4v) is 1.75. The van der Waals surface area contributed by atoms with Gasteiger partial charge in [-0.3, -0.25) is 14.2 Å². The molecule has 2 rings (SSSR count). The third kappa shape index (κ3) is 1.48. The Morgan fingerprint density at radius 3 is 2.62 bits per heavy atom. The summed E-state index contributed by atoms with van der Waals surface area (Å²) in [7, 11) is 0. The summed E-state index contributed by atoms with van der Waals surface area (Å²) in [6, 6.07) is 7.23. The van der Waals surface area contributed by atoms with E-state index >= 15 is 0 Å². The second kappa shape index (κ2) is 3.81. The van der Waals surface area contributed by atoms with Gasteiger partial charge in [0, 0.05) is 18.0 Å². The first kappa shape index (κ1) is 10.4. The Morgan fingerprint density at radius 1 is 1.31 bits per heavy atom. The fraction of sp³-hybridized carbons (Fsp3) is 0.167. The lowest BCUT2D eigenvalue weighted by molar-refractivity contribution is 0.0914. The van der Waals surface area contributed by atoms with Crippen molar-refractivity contribution < 1.29 is 9.59 Å². The maximum Gasteiger partial charge on any atom is 0.250 e. The molecule has 2 N–H and O–H groups in total. The number of amides is 1. The lowest BCUT2D eigenvalue weighted by atomic mass is 10.2. The number of rotatable bonds is 2. The molecule has 1 heterocycles. The van der Waals surface area contributed by atoms with Crippen LogP contribution >= 0.6 is 0 Å². The molecule has 0 atom stereocenters. The molecule has 0 bridgehead atoms. The fourth-order valence-electron chi connectivity index (χ4n) is 1.75. The molecule has 4 heteroatoms. The summed E-state index contributed by atoms with van der Waals surface area (Å²) in [5, 5.41) is 0.719. The quantitative estimate of drug-likeness (QED) is 0.831. The summed E-state index contributed by atoms with van der Waals surface area (Å²) in [5.74, 6) is -0.567. The molecule has 4 nitrogen and oxygen atoms in total. The van der Waals surface area contributed by atoms with E-state index in [2.05, 4.69) is 0 Å². The van der Waals surface area contributed by atoms with Gasteiger partial charge < -0.3 is 5.73 Å². The molecule has 1 aromatic carbocycles. The number of carbonyl (C=O) groups is 2. The summed E-state index contributed by atoms with van der Waals surface area (Å²) in [4.78, 5) is 22.9. The zero-order valence-electron chi connectivity index (χ0n) is 8.93. The van der Waals surface area contributed by atoms with Gasteiger partial charge in [-0.1, -0.05) is 25.1 Å². The second-order valence-electron chi connectivity index (χ2n) is 3.54. The van der Waals surface area contributed by atoms with E-state index in [1.807, 2.05) is 12.1 Å². The van der Waals surface area contributed by atoms with Gasteiger partial charge in [-0.2, -0.15) is 0 Å². The summed E-state index contributed by atoms with van der Waals surface area (Å²) in [6.45, 7) is 1.78. The van der Waals surface area contributed by atoms with Crippen molar-refractivity contribution in [1.82, 2.24) is 4.57 Å². The van der Waals surface area contributed by atoms with Gasteiger partial charge in [-0.15, -0.1) is 0 Å². The van der Waals surface area contributed by atoms with Gasteiger partial charge in [-0.25, -0.2) is 0 Å². The van der Waals surface area contributed by atoms with E-state index in [9.17, 15) is 9.59 Å². The Morgan fingerprint density at radius 2 is 2.00 bits per heavy atom. The van der Waals surface area contributed by atoms with Crippen molar-refractivity contribution in [2.75, 3.05) is 0 Å². The normalized spacial score (nSPS) is 10.6. The number of hydrogen-bond donors (Lipinski definition) is 1. The van der Waals surface area contributed by atoms with Crippen molar-refractivity contribution in [3.05, 3.63) is 36.0 Å². The monoisotopic (exact) mass is 216 g/mol. The highest BCUT2D eigenvalue weighted by Crippen LogP contribution is 2.21. The molecule has 2 aromatic rings. The van der Waals surface area contributed by atoms with Gasteiger partial charge in [0.2, 0.25) is 5.91 Å². The van der Waals surface area contributed by atoms with Crippen LogP contribution in [0.2, 0.25) is 0 Å². The van der Waals surface area contributed by atoms with Crippen molar-refractivity contribution >= 4 is 22.7 Å². The maximum absolute atomic E-state index is 11.7. The number of hydrogen-bond acceptors (Lipinski definition) is 2. The van der Waals surface area contributed by atoms with Crippen LogP contribution in [0.4, 0.5) is 0 Å². The number of nitrogens with two attached hydrogens (primary N) is 1. The minimum atomic E-state index is -0.515. The summed E-state index contributed by atoms with van der Waals surface area (Å²) in [5.41, 5.74) is 6.38. The van der Waals surface area contributed by atoms with Crippen LogP contribution in [0.15, 0.2) is 30.5 Å². The van der Waals surface area contributed by atoms with Crippen molar-refractivity contribution in [3.8, 4) is 0 Å². The summed E-state index contributed by atoms with van der Waals surface area (Å²) in [6.07, 6.45) is 1.90. The van der Waals surface area contributed by atoms with Gasteiger partial charge in [-0.05, 0) is 6.07 Å². The first-order valence-electron chi connectivity index (χ1n) is 5.08. The predicted molar refractivity (Wildman–Crippen MR) is 61.4 cm³/mol. The van der Waals surface area contributed by atoms with Crippen LogP contribution in [-0.2, 0) is 0 Å². The highest BCUT2D eigenvalue weighted by atomic mass is 16.2. The molecule has 0 fully saturated rings. The topological polar surface area (TPSA) is 65.1 Å². The van der Waals surface area contributed by atoms with Crippen molar-refractivity contribution in [2.45, 2.75) is 13.3 Å². The molecule has 0 aliphatic carbocycles. The Bertz CT molecular complexity index is 569. The van der Waals surface area contributed by atoms with Gasteiger partial charge in [0.1, 0.15) is 0 Å². The van der Waals surface area contributed by atoms with Gasteiger partial charge >= 0.3 is 0 Å². The molecular weight excluding hydrogens is 204 g/mol. The van der Waals surface area contributed by atoms with Gasteiger partial charge in [0.25, 0.3) is 5.91 Å². The van der Waals surface area contributed by atoms with E-state index in [1.54, 1.807) is 19.1 Å². The maximum atomic E-state index is 11.7. The highest BCUT2D eigenvalue weighted by Gasteiger charge is 2.14. The number of primary amides is 1. The minimum absolute atomic E-state index is 0.0521. The number of benzene rings is 1. The number of fused-ring (bicyclic) bond motifs is 1. The Hall–Kier alpha value is -2.10. The molecule has 1 aromatic heterocycles. The van der Waals surface area contributed by atoms with Crippen LogP contribution in [-0.4, -0.2) is 16.4 Å². The molecule has 0 aliphatic rings. The minimum Gasteiger partial charge on any atom is -0.366 e. The average molecular weight is 216 g/mol. The van der Waals surface area contributed by atoms with Gasteiger partial charge in [0.05, 0.1) is 11.1 Å². The Balaban J connectivity index is 2.76. The Kier molecular flexibility index (Phi) is 2.48. The lowest BCUT2D eigenvalue weighted by Gasteiger charge is -1.99. The van der Waals surface area contributed by atoms with Crippen LogP contribution in [0.25, 0.3) is 10.9 Å². The second-order valence-corrected chi connectivity index (χ2v) is 3.54. The zero-order chi connectivity index (χ0) is 11.7. The lowest BCUT2D eigenvalue weighted by Crippen LogP contribution is -2.11. The number of aromatic nitrogens is 1. The van der Waals surface area contributed by atoms with E-state index in [-0.39, 0.29) is 5.91 Å². The van der Waals surface area contributed by atoms with Crippen LogP contribution < -0.4 is 5.73 Å². The SMILES string of the molecule is CCC(=O)n1cc(C(N)=O)c2ccccc21. The van der Waals surface area contributed by atoms with Crippen LogP contribution in [0.1, 0.15) is 28.5 Å². The third-order valence-corrected chi connectivity index (χ3v) is 2.55. The van der Waals surface area contributed by atoms with Crippen molar-refractivity contribution in [3.63, 3.8) is 0 Å². The standard InChI is InChI=1S/C12H12N2O2/c1-2-11(15)14-7-9(12(13)16)8-5-3-4-6-10(8)14/h3-7H,2H2,1H3,(H2,13,16). The smallest absolute Gasteiger partial charge is 0.250 e. The number of carbonyl (C=O) groups excluding carboxylic acids is 2. The number of nitrogens with zero attached hydrogens (tertiary/aromatic N) is 1. The molecule has 0 aliphatic heterocycles. The third-order valence-electron chi connectivity index (χ3n) is 2.55. The molecule has 0 saturated carbocycles. The largest absolute Gasteiger partial charge is 0.366 e. The van der Waals surface area contributed by atoms with E-state index in [0.717, 1.165) is 10.9 Å². The molecule has 16 heavy (non-hydrogen) atoms. The molecule has 0 spiro atoms. The highest BCUT2D eigenvalue weighted by molar-refractivity contribution is 6.08. The molecule has 0 radical (unpaired) electrons. The zero-order valence-corrected chi connectivity index (χ0v) is 8.93. The van der Waals surface area contributed by atoms with Crippen molar-refractivity contribution in [1.29, 1.82) is 0 Å². The van der Waals surface area contributed by atoms with E-state index in [4.69, 9.17) is 5.73 Å². The average Bonchev–Trinajstić information content (AvgIpc) is 2.67. The van der Waals surface area contributed by atoms with Gasteiger partial charge in [0.15, 0.2) is 0 Å². The van der Waals surface area contributed by atoms with Crippen LogP contribution in [0.3, 0.4) is 0 Å². The molecule has 1 amide bonds. The number of para-hydroxylation sites is 1. The van der Waals surface area contributed by atoms with E-state index in [0.29, 0.717) is 12.0 Å². The van der Waals surface area contributed by atoms with Crippen molar-refractivity contribution in [2.24, 2.45) is 5.73 Å². The Labute approximate surface area is 92.7 Å². The molecule has 0 saturated heterocycles. The molecule has 0 unspecified atom stereocenters. The molecule has 82 valence electrons. The summed E-state index contributed by atoms with van der Waals surface area (Å²) < 4.78 is 1.48. The first-order chi connectivity index (χ1) is 7.65. The molecular formula is C12H12N2O2. The predicted octanol–water partition coefficient (Wildman–Crippen LogP) is 1.79. The van der Waals surface area contributed by atoms with E-state index < -0.39 is 5.91 Å². The first-order valence-corrected chi connectivity index (χ1v) is 5.08. The van der Waals surface area contributed by atoms with E-state index in [1.165, 1.54) is 10.8 Å². The van der Waals surface area contributed by atoms with Crippen LogP contribution in [0.5, 0.6) is 0 Å². The summed E-state index contributed by atoms with van der Waals surface area (Å²) >= 11 is 0. The van der Waals surface area contributed by atoms with Crippen LogP contribution in [0, 0.1) is 0 Å².